The fourth-order valence-electron chi connectivity index (χ4n) is 4.14. The Morgan fingerprint density at radius 1 is 0.947 bits per heavy atom. The van der Waals surface area contributed by atoms with Crippen LogP contribution in [0.3, 0.4) is 0 Å². The van der Waals surface area contributed by atoms with Crippen LogP contribution in [0, 0.1) is 20.8 Å². The van der Waals surface area contributed by atoms with E-state index < -0.39 is 28.5 Å². The van der Waals surface area contributed by atoms with Gasteiger partial charge in [-0.3, -0.25) is 13.9 Å². The molecule has 3 aromatic carbocycles. The minimum Gasteiger partial charge on any atom is -0.357 e. The third-order valence-electron chi connectivity index (χ3n) is 6.60. The molecule has 0 fully saturated rings. The predicted octanol–water partition coefficient (Wildman–Crippen LogP) is 5.01. The molecule has 3 rings (SSSR count). The van der Waals surface area contributed by atoms with Crippen molar-refractivity contribution in [2.24, 2.45) is 0 Å². The lowest BCUT2D eigenvalue weighted by Gasteiger charge is -2.33. The van der Waals surface area contributed by atoms with Crippen LogP contribution in [-0.2, 0) is 26.2 Å². The van der Waals surface area contributed by atoms with Gasteiger partial charge in [0, 0.05) is 18.6 Å². The molecule has 7 nitrogen and oxygen atoms in total. The Hall–Kier alpha value is -3.36. The van der Waals surface area contributed by atoms with Gasteiger partial charge in [0.1, 0.15) is 12.6 Å². The molecular weight excluding hydrogens is 522 g/mol. The van der Waals surface area contributed by atoms with Crippen molar-refractivity contribution in [1.29, 1.82) is 0 Å². The van der Waals surface area contributed by atoms with Gasteiger partial charge in [0.2, 0.25) is 11.8 Å². The number of rotatable bonds is 10. The molecule has 0 aliphatic heterocycles. The Balaban J connectivity index is 2.10. The first-order chi connectivity index (χ1) is 18.0. The molecule has 0 aliphatic carbocycles. The molecule has 0 unspecified atom stereocenters. The summed E-state index contributed by atoms with van der Waals surface area (Å²) in [5.41, 5.74) is 3.83. The maximum Gasteiger partial charge on any atom is 0.264 e. The monoisotopic (exact) mass is 555 g/mol. The maximum absolute atomic E-state index is 13.9. The van der Waals surface area contributed by atoms with E-state index in [2.05, 4.69) is 5.32 Å². The van der Waals surface area contributed by atoms with E-state index in [1.807, 2.05) is 26.8 Å². The van der Waals surface area contributed by atoms with E-state index in [9.17, 15) is 18.0 Å². The summed E-state index contributed by atoms with van der Waals surface area (Å²) in [5.74, 6) is -0.860. The summed E-state index contributed by atoms with van der Waals surface area (Å²) in [6.07, 6.45) is 0.338. The number of aryl methyl sites for hydroxylation is 3. The van der Waals surface area contributed by atoms with Crippen LogP contribution in [0.1, 0.15) is 35.6 Å². The third-order valence-corrected chi connectivity index (χ3v) is 8.75. The predicted molar refractivity (Wildman–Crippen MR) is 152 cm³/mol. The molecule has 0 saturated carbocycles. The van der Waals surface area contributed by atoms with Crippen LogP contribution in [0.25, 0.3) is 0 Å². The zero-order valence-corrected chi connectivity index (χ0v) is 23.9. The summed E-state index contributed by atoms with van der Waals surface area (Å²) >= 11 is 6.39. The van der Waals surface area contributed by atoms with Crippen LogP contribution in [0.2, 0.25) is 5.02 Å². The molecule has 0 heterocycles. The van der Waals surface area contributed by atoms with Gasteiger partial charge in [-0.15, -0.1) is 0 Å². The Morgan fingerprint density at radius 2 is 1.61 bits per heavy atom. The lowest BCUT2D eigenvalue weighted by atomic mass is 10.1. The second kappa shape index (κ2) is 12.5. The van der Waals surface area contributed by atoms with Crippen molar-refractivity contribution in [2.45, 2.75) is 51.6 Å². The molecule has 38 heavy (non-hydrogen) atoms. The number of amides is 2. The summed E-state index contributed by atoms with van der Waals surface area (Å²) in [7, 11) is -2.60. The van der Waals surface area contributed by atoms with Crippen molar-refractivity contribution in [1.82, 2.24) is 10.2 Å². The third kappa shape index (κ3) is 6.55. The second-order valence-electron chi connectivity index (χ2n) is 9.24. The van der Waals surface area contributed by atoms with Gasteiger partial charge in [-0.25, -0.2) is 8.42 Å². The number of sulfonamides is 1. The topological polar surface area (TPSA) is 86.8 Å². The molecule has 9 heteroatoms. The Bertz CT molecular complexity index is 1410. The quantitative estimate of drug-likeness (QED) is 0.381. The molecule has 0 aromatic heterocycles. The van der Waals surface area contributed by atoms with E-state index >= 15 is 0 Å². The average molecular weight is 556 g/mol. The van der Waals surface area contributed by atoms with Gasteiger partial charge in [0.15, 0.2) is 0 Å². The van der Waals surface area contributed by atoms with Gasteiger partial charge >= 0.3 is 0 Å². The van der Waals surface area contributed by atoms with Crippen molar-refractivity contribution >= 4 is 39.1 Å². The van der Waals surface area contributed by atoms with Crippen LogP contribution in [0.15, 0.2) is 71.6 Å². The van der Waals surface area contributed by atoms with Gasteiger partial charge < -0.3 is 10.2 Å². The van der Waals surface area contributed by atoms with Gasteiger partial charge in [0.05, 0.1) is 10.6 Å². The van der Waals surface area contributed by atoms with Crippen LogP contribution >= 0.6 is 11.6 Å². The summed E-state index contributed by atoms with van der Waals surface area (Å²) in [6.45, 7) is 7.06. The highest BCUT2D eigenvalue weighted by Crippen LogP contribution is 2.27. The average Bonchev–Trinajstić information content (AvgIpc) is 2.89. The van der Waals surface area contributed by atoms with Crippen molar-refractivity contribution in [3.8, 4) is 0 Å². The Kier molecular flexibility index (Phi) is 9.57. The van der Waals surface area contributed by atoms with Gasteiger partial charge in [-0.2, -0.15) is 0 Å². The SMILES string of the molecule is CC[C@H](C(=O)NC)N(Cc1ccccc1Cl)C(=O)CN(c1ccc(C)c(C)c1)S(=O)(=O)c1ccc(C)cc1. The normalized spacial score (nSPS) is 12.1. The van der Waals surface area contributed by atoms with Crippen LogP contribution in [0.4, 0.5) is 5.69 Å². The number of carbonyl (C=O) groups excluding carboxylic acids is 2. The minimum absolute atomic E-state index is 0.0514. The Labute approximate surface area is 230 Å². The van der Waals surface area contributed by atoms with Crippen molar-refractivity contribution in [2.75, 3.05) is 17.9 Å². The molecule has 0 spiro atoms. The fourth-order valence-corrected chi connectivity index (χ4v) is 5.74. The maximum atomic E-state index is 13.9. The molecule has 1 N–H and O–H groups in total. The number of anilines is 1. The molecule has 0 bridgehead atoms. The van der Waals surface area contributed by atoms with E-state index in [4.69, 9.17) is 11.6 Å². The molecule has 0 aliphatic rings. The summed E-state index contributed by atoms with van der Waals surface area (Å²) in [4.78, 5) is 28.2. The molecule has 3 aromatic rings. The van der Waals surface area contributed by atoms with Crippen molar-refractivity contribution in [3.05, 3.63) is 94.0 Å². The highest BCUT2D eigenvalue weighted by atomic mass is 35.5. The van der Waals surface area contributed by atoms with Gasteiger partial charge in [0.25, 0.3) is 10.0 Å². The molecule has 1 atom stereocenters. The number of nitrogens with zero attached hydrogens (tertiary/aromatic N) is 2. The molecule has 0 saturated heterocycles. The summed E-state index contributed by atoms with van der Waals surface area (Å²) < 4.78 is 28.9. The summed E-state index contributed by atoms with van der Waals surface area (Å²) in [5, 5.41) is 3.07. The first kappa shape index (κ1) is 29.2. The van der Waals surface area contributed by atoms with Gasteiger partial charge in [-0.1, -0.05) is 60.5 Å². The number of hydrogen-bond donors (Lipinski definition) is 1. The van der Waals surface area contributed by atoms with E-state index in [1.165, 1.54) is 24.1 Å². The molecule has 2 amide bonds. The first-order valence-corrected chi connectivity index (χ1v) is 14.2. The minimum atomic E-state index is -4.11. The van der Waals surface area contributed by atoms with Crippen molar-refractivity contribution < 1.29 is 18.0 Å². The number of likely N-dealkylation sites (N-methyl/N-ethyl adjacent to an activating group) is 1. The highest BCUT2D eigenvalue weighted by molar-refractivity contribution is 7.92. The van der Waals surface area contributed by atoms with E-state index in [-0.39, 0.29) is 17.3 Å². The van der Waals surface area contributed by atoms with E-state index in [0.29, 0.717) is 22.7 Å². The number of nitrogens with one attached hydrogen (secondary N) is 1. The zero-order chi connectivity index (χ0) is 28.0. The molecule has 202 valence electrons. The first-order valence-electron chi connectivity index (χ1n) is 12.4. The largest absolute Gasteiger partial charge is 0.357 e. The van der Waals surface area contributed by atoms with Crippen LogP contribution in [-0.4, -0.2) is 44.8 Å². The number of benzene rings is 3. The zero-order valence-electron chi connectivity index (χ0n) is 22.4. The smallest absolute Gasteiger partial charge is 0.264 e. The number of hydrogen-bond acceptors (Lipinski definition) is 4. The molecule has 0 radical (unpaired) electrons. The van der Waals surface area contributed by atoms with Crippen molar-refractivity contribution in [3.63, 3.8) is 0 Å². The fraction of sp³-hybridized carbons (Fsp3) is 0.310. The lowest BCUT2D eigenvalue weighted by molar-refractivity contribution is -0.140. The summed E-state index contributed by atoms with van der Waals surface area (Å²) in [6, 6.07) is 18.0. The Morgan fingerprint density at radius 3 is 2.18 bits per heavy atom. The molecular formula is C29H34ClN3O4S. The standard InChI is InChI=1S/C29H34ClN3O4S/c1-6-27(29(35)31-5)32(18-23-9-7-8-10-26(23)30)28(34)19-33(24-14-13-21(3)22(4)17-24)38(36,37)25-15-11-20(2)12-16-25/h7-17,27H,6,18-19H2,1-5H3,(H,31,35)/t27-/m1/s1. The lowest BCUT2D eigenvalue weighted by Crippen LogP contribution is -2.51. The number of carbonyl (C=O) groups is 2. The number of halogens is 1. The van der Waals surface area contributed by atoms with E-state index in [1.54, 1.807) is 55.5 Å². The van der Waals surface area contributed by atoms with Gasteiger partial charge in [-0.05, 0) is 74.2 Å². The second-order valence-corrected chi connectivity index (χ2v) is 11.5. The highest BCUT2D eigenvalue weighted by Gasteiger charge is 2.33. The van der Waals surface area contributed by atoms with E-state index in [0.717, 1.165) is 21.0 Å². The van der Waals surface area contributed by atoms with Crippen LogP contribution < -0.4 is 9.62 Å². The van der Waals surface area contributed by atoms with Crippen LogP contribution in [0.5, 0.6) is 0 Å².